The largest absolute Gasteiger partial charge is 0.356 e. The van der Waals surface area contributed by atoms with Gasteiger partial charge in [-0.1, -0.05) is 44.2 Å². The van der Waals surface area contributed by atoms with Crippen LogP contribution in [0, 0.1) is 11.8 Å². The maximum atomic E-state index is 12.5. The molecule has 0 spiro atoms. The van der Waals surface area contributed by atoms with E-state index in [1.807, 2.05) is 18.2 Å². The second-order valence-electron chi connectivity index (χ2n) is 6.42. The van der Waals surface area contributed by atoms with Crippen molar-refractivity contribution in [3.63, 3.8) is 0 Å². The summed E-state index contributed by atoms with van der Waals surface area (Å²) in [4.78, 5) is 12.5. The summed E-state index contributed by atoms with van der Waals surface area (Å²) in [5.41, 5.74) is 1.12. The summed E-state index contributed by atoms with van der Waals surface area (Å²) >= 11 is 0. The van der Waals surface area contributed by atoms with Gasteiger partial charge in [0.25, 0.3) is 0 Å². The van der Waals surface area contributed by atoms with Crippen molar-refractivity contribution in [2.24, 2.45) is 11.8 Å². The molecule has 0 aromatic heterocycles. The fourth-order valence-corrected chi connectivity index (χ4v) is 3.18. The van der Waals surface area contributed by atoms with Crippen LogP contribution >= 0.6 is 12.4 Å². The van der Waals surface area contributed by atoms with Crippen molar-refractivity contribution in [1.82, 2.24) is 10.6 Å². The van der Waals surface area contributed by atoms with E-state index in [1.165, 1.54) is 12.8 Å². The predicted octanol–water partition coefficient (Wildman–Crippen LogP) is 3.35. The molecule has 4 heteroatoms. The summed E-state index contributed by atoms with van der Waals surface area (Å²) in [5, 5.41) is 6.57. The molecule has 2 atom stereocenters. The molecule has 1 aliphatic heterocycles. The first-order valence-electron chi connectivity index (χ1n) is 8.22. The fourth-order valence-electron chi connectivity index (χ4n) is 3.18. The maximum Gasteiger partial charge on any atom is 0.227 e. The monoisotopic (exact) mass is 324 g/mol. The van der Waals surface area contributed by atoms with Crippen molar-refractivity contribution in [3.05, 3.63) is 35.9 Å². The number of halogens is 1. The van der Waals surface area contributed by atoms with Crippen LogP contribution in [0.5, 0.6) is 0 Å². The molecule has 1 amide bonds. The quantitative estimate of drug-likeness (QED) is 0.842. The molecule has 124 valence electrons. The van der Waals surface area contributed by atoms with Crippen molar-refractivity contribution in [3.8, 4) is 0 Å². The lowest BCUT2D eigenvalue weighted by Gasteiger charge is -2.24. The molecule has 2 rings (SSSR count). The smallest absolute Gasteiger partial charge is 0.227 e. The molecule has 2 unspecified atom stereocenters. The lowest BCUT2D eigenvalue weighted by molar-refractivity contribution is -0.123. The second kappa shape index (κ2) is 9.86. The lowest BCUT2D eigenvalue weighted by atomic mass is 9.87. The number of carbonyl (C=O) groups is 1. The van der Waals surface area contributed by atoms with Crippen LogP contribution in [0.25, 0.3) is 0 Å². The third-order valence-corrected chi connectivity index (χ3v) is 4.36. The van der Waals surface area contributed by atoms with Crippen molar-refractivity contribution >= 4 is 18.3 Å². The van der Waals surface area contributed by atoms with Gasteiger partial charge in [0, 0.05) is 6.54 Å². The first kappa shape index (κ1) is 19.0. The van der Waals surface area contributed by atoms with Crippen LogP contribution in [0.2, 0.25) is 0 Å². The molecule has 1 aromatic rings. The van der Waals surface area contributed by atoms with E-state index >= 15 is 0 Å². The van der Waals surface area contributed by atoms with Crippen LogP contribution in [0.3, 0.4) is 0 Å². The van der Waals surface area contributed by atoms with E-state index in [2.05, 4.69) is 36.6 Å². The average Bonchev–Trinajstić information content (AvgIpc) is 2.49. The number of amides is 1. The molecule has 0 radical (unpaired) electrons. The zero-order valence-corrected chi connectivity index (χ0v) is 14.5. The Morgan fingerprint density at radius 3 is 2.64 bits per heavy atom. The summed E-state index contributed by atoms with van der Waals surface area (Å²) < 4.78 is 0. The first-order valence-corrected chi connectivity index (χ1v) is 8.22. The summed E-state index contributed by atoms with van der Waals surface area (Å²) in [6.45, 7) is 7.26. The van der Waals surface area contributed by atoms with Crippen LogP contribution in [0.1, 0.15) is 44.6 Å². The normalized spacial score (nSPS) is 19.3. The van der Waals surface area contributed by atoms with E-state index in [-0.39, 0.29) is 24.2 Å². The topological polar surface area (TPSA) is 41.1 Å². The molecule has 2 N–H and O–H groups in total. The molecular formula is C18H29ClN2O. The van der Waals surface area contributed by atoms with Gasteiger partial charge in [-0.15, -0.1) is 12.4 Å². The highest BCUT2D eigenvalue weighted by molar-refractivity contribution is 5.85. The molecular weight excluding hydrogens is 296 g/mol. The molecule has 1 heterocycles. The van der Waals surface area contributed by atoms with E-state index in [9.17, 15) is 4.79 Å². The van der Waals surface area contributed by atoms with Gasteiger partial charge in [0.1, 0.15) is 0 Å². The van der Waals surface area contributed by atoms with E-state index in [0.717, 1.165) is 31.6 Å². The molecule has 0 aliphatic carbocycles. The zero-order chi connectivity index (χ0) is 15.1. The van der Waals surface area contributed by atoms with E-state index in [1.54, 1.807) is 0 Å². The van der Waals surface area contributed by atoms with Crippen molar-refractivity contribution in [1.29, 1.82) is 0 Å². The number of piperidine rings is 1. The fraction of sp³-hybridized carbons (Fsp3) is 0.611. The zero-order valence-electron chi connectivity index (χ0n) is 13.7. The Morgan fingerprint density at radius 1 is 1.32 bits per heavy atom. The van der Waals surface area contributed by atoms with Crippen LogP contribution in [0.4, 0.5) is 0 Å². The van der Waals surface area contributed by atoms with Gasteiger partial charge in [0.15, 0.2) is 0 Å². The second-order valence-corrected chi connectivity index (χ2v) is 6.42. The van der Waals surface area contributed by atoms with Crippen LogP contribution in [-0.2, 0) is 4.79 Å². The minimum atomic E-state index is -0.0457. The standard InChI is InChI=1S/C18H28N2O.ClH/c1-14(2)17(16-8-4-3-5-9-16)18(21)20-12-10-15-7-6-11-19-13-15;/h3-5,8-9,14-15,17,19H,6-7,10-13H2,1-2H3,(H,20,21);1H. The van der Waals surface area contributed by atoms with Crippen molar-refractivity contribution < 1.29 is 4.79 Å². The Labute approximate surface area is 140 Å². The number of rotatable bonds is 6. The first-order chi connectivity index (χ1) is 10.2. The minimum absolute atomic E-state index is 0. The summed E-state index contributed by atoms with van der Waals surface area (Å²) in [6, 6.07) is 10.1. The number of hydrogen-bond donors (Lipinski definition) is 2. The number of nitrogens with one attached hydrogen (secondary N) is 2. The molecule has 1 fully saturated rings. The van der Waals surface area contributed by atoms with Crippen molar-refractivity contribution in [2.45, 2.75) is 39.0 Å². The summed E-state index contributed by atoms with van der Waals surface area (Å²) in [6.07, 6.45) is 3.63. The Hall–Kier alpha value is -1.06. The van der Waals surface area contributed by atoms with Gasteiger partial charge in [-0.2, -0.15) is 0 Å². The Bertz CT molecular complexity index is 430. The third kappa shape index (κ3) is 5.62. The van der Waals surface area contributed by atoms with Crippen LogP contribution < -0.4 is 10.6 Å². The van der Waals surface area contributed by atoms with Gasteiger partial charge in [0.2, 0.25) is 5.91 Å². The van der Waals surface area contributed by atoms with E-state index in [4.69, 9.17) is 0 Å². The van der Waals surface area contributed by atoms with Gasteiger partial charge in [-0.05, 0) is 49.8 Å². The van der Waals surface area contributed by atoms with Gasteiger partial charge < -0.3 is 10.6 Å². The summed E-state index contributed by atoms with van der Waals surface area (Å²) in [5.74, 6) is 1.15. The van der Waals surface area contributed by atoms with Crippen LogP contribution in [-0.4, -0.2) is 25.5 Å². The lowest BCUT2D eigenvalue weighted by Crippen LogP contribution is -2.36. The average molecular weight is 325 g/mol. The number of carbonyl (C=O) groups excluding carboxylic acids is 1. The maximum absolute atomic E-state index is 12.5. The third-order valence-electron chi connectivity index (χ3n) is 4.36. The molecule has 1 aliphatic rings. The summed E-state index contributed by atoms with van der Waals surface area (Å²) in [7, 11) is 0. The number of benzene rings is 1. The van der Waals surface area contributed by atoms with E-state index in [0.29, 0.717) is 11.8 Å². The minimum Gasteiger partial charge on any atom is -0.356 e. The molecule has 1 aromatic carbocycles. The number of hydrogen-bond acceptors (Lipinski definition) is 2. The molecule has 0 bridgehead atoms. The van der Waals surface area contributed by atoms with Crippen molar-refractivity contribution in [2.75, 3.05) is 19.6 Å². The molecule has 3 nitrogen and oxygen atoms in total. The van der Waals surface area contributed by atoms with Gasteiger partial charge in [-0.25, -0.2) is 0 Å². The molecule has 0 saturated carbocycles. The SMILES string of the molecule is CC(C)C(C(=O)NCCC1CCCNC1)c1ccccc1.Cl. The van der Waals surface area contributed by atoms with Gasteiger partial charge in [0.05, 0.1) is 5.92 Å². The predicted molar refractivity (Wildman–Crippen MR) is 94.5 cm³/mol. The Morgan fingerprint density at radius 2 is 2.05 bits per heavy atom. The Kier molecular flexibility index (Phi) is 8.51. The van der Waals surface area contributed by atoms with Gasteiger partial charge >= 0.3 is 0 Å². The Balaban J connectivity index is 0.00000242. The van der Waals surface area contributed by atoms with Gasteiger partial charge in [-0.3, -0.25) is 4.79 Å². The highest BCUT2D eigenvalue weighted by Gasteiger charge is 2.23. The molecule has 22 heavy (non-hydrogen) atoms. The van der Waals surface area contributed by atoms with E-state index < -0.39 is 0 Å². The highest BCUT2D eigenvalue weighted by Crippen LogP contribution is 2.24. The highest BCUT2D eigenvalue weighted by atomic mass is 35.5. The van der Waals surface area contributed by atoms with Crippen LogP contribution in [0.15, 0.2) is 30.3 Å². The molecule has 1 saturated heterocycles.